The minimum Gasteiger partial charge on any atom is -0.345 e. The Hall–Kier alpha value is -3.85. The van der Waals surface area contributed by atoms with E-state index in [9.17, 15) is 22.8 Å². The number of halogens is 4. The molecule has 2 atom stereocenters. The SMILES string of the molecule is CC(F)(F)C(=O)N[C@@H]1CC(=O)N(c2ccc3c(cnn3-c3ccc(F)cc3)c2)[C@H]1c1cccc(Cl)c1. The highest BCUT2D eigenvalue weighted by Gasteiger charge is 2.45. The van der Waals surface area contributed by atoms with Gasteiger partial charge in [-0.15, -0.1) is 0 Å². The van der Waals surface area contributed by atoms with Crippen LogP contribution in [0.1, 0.15) is 24.9 Å². The molecule has 2 amide bonds. The van der Waals surface area contributed by atoms with Crippen LogP contribution in [0.5, 0.6) is 0 Å². The molecule has 0 spiro atoms. The first-order valence-electron chi connectivity index (χ1n) is 11.1. The standard InChI is InChI=1S/C26H20ClF3N4O2/c1-26(29,30)25(36)32-21-13-23(35)33(24(21)15-3-2-4-17(27)11-15)20-9-10-22-16(12-20)14-31-34(22)19-7-5-18(28)6-8-19/h2-12,14,21,24H,13H2,1H3,(H,32,36)/t21-,24+/m1/s1. The lowest BCUT2D eigenvalue weighted by Gasteiger charge is -2.30. The molecular formula is C26H20ClF3N4O2. The number of anilines is 1. The summed E-state index contributed by atoms with van der Waals surface area (Å²) in [5.74, 6) is -5.75. The van der Waals surface area contributed by atoms with Gasteiger partial charge in [-0.1, -0.05) is 23.7 Å². The number of rotatable bonds is 5. The molecule has 1 saturated heterocycles. The van der Waals surface area contributed by atoms with Gasteiger partial charge in [0.05, 0.1) is 29.5 Å². The number of carbonyl (C=O) groups is 2. The number of fused-ring (bicyclic) bond motifs is 1. The largest absolute Gasteiger partial charge is 0.345 e. The molecule has 0 aliphatic carbocycles. The molecule has 4 aromatic rings. The minimum atomic E-state index is -3.59. The van der Waals surface area contributed by atoms with Crippen LogP contribution in [0.15, 0.2) is 72.9 Å². The average molecular weight is 513 g/mol. The Bertz CT molecular complexity index is 1470. The van der Waals surface area contributed by atoms with Gasteiger partial charge >= 0.3 is 5.92 Å². The maximum absolute atomic E-state index is 13.7. The van der Waals surface area contributed by atoms with Crippen molar-refractivity contribution in [2.45, 2.75) is 31.4 Å². The van der Waals surface area contributed by atoms with Crippen LogP contribution < -0.4 is 10.2 Å². The molecule has 6 nitrogen and oxygen atoms in total. The number of aromatic nitrogens is 2. The maximum Gasteiger partial charge on any atom is 0.321 e. The van der Waals surface area contributed by atoms with Crippen LogP contribution in [0.4, 0.5) is 18.9 Å². The van der Waals surface area contributed by atoms with Gasteiger partial charge in [0, 0.05) is 29.4 Å². The molecule has 2 heterocycles. The number of hydrogen-bond donors (Lipinski definition) is 1. The summed E-state index contributed by atoms with van der Waals surface area (Å²) in [5.41, 5.74) is 2.50. The Morgan fingerprint density at radius 3 is 2.50 bits per heavy atom. The van der Waals surface area contributed by atoms with Crippen LogP contribution in [0.25, 0.3) is 16.6 Å². The van der Waals surface area contributed by atoms with Crippen LogP contribution in [0.2, 0.25) is 5.02 Å². The lowest BCUT2D eigenvalue weighted by atomic mass is 9.99. The van der Waals surface area contributed by atoms with Gasteiger partial charge < -0.3 is 10.2 Å². The fourth-order valence-electron chi connectivity index (χ4n) is 4.49. The predicted octanol–water partition coefficient (Wildman–Crippen LogP) is 5.44. The van der Waals surface area contributed by atoms with Gasteiger partial charge in [-0.05, 0) is 60.2 Å². The van der Waals surface area contributed by atoms with Gasteiger partial charge in [-0.2, -0.15) is 13.9 Å². The smallest absolute Gasteiger partial charge is 0.321 e. The van der Waals surface area contributed by atoms with E-state index in [1.807, 2.05) is 0 Å². The molecule has 0 unspecified atom stereocenters. The van der Waals surface area contributed by atoms with Gasteiger partial charge in [-0.3, -0.25) is 9.59 Å². The molecule has 1 N–H and O–H groups in total. The summed E-state index contributed by atoms with van der Waals surface area (Å²) < 4.78 is 42.3. The summed E-state index contributed by atoms with van der Waals surface area (Å²) in [6, 6.07) is 16.2. The van der Waals surface area contributed by atoms with Gasteiger partial charge in [0.2, 0.25) is 5.91 Å². The molecule has 1 aromatic heterocycles. The van der Waals surface area contributed by atoms with Gasteiger partial charge in [-0.25, -0.2) is 9.07 Å². The van der Waals surface area contributed by atoms with Gasteiger partial charge in [0.25, 0.3) is 5.91 Å². The Balaban J connectivity index is 1.55. The molecule has 36 heavy (non-hydrogen) atoms. The van der Waals surface area contributed by atoms with Crippen LogP contribution >= 0.6 is 11.6 Å². The zero-order valence-electron chi connectivity index (χ0n) is 19.0. The number of hydrogen-bond acceptors (Lipinski definition) is 3. The van der Waals surface area contributed by atoms with Crippen molar-refractivity contribution in [3.05, 3.63) is 89.3 Å². The molecule has 1 aliphatic heterocycles. The topological polar surface area (TPSA) is 67.2 Å². The van der Waals surface area contributed by atoms with Crippen molar-refractivity contribution in [2.75, 3.05) is 4.90 Å². The second kappa shape index (κ2) is 8.98. The molecule has 0 saturated carbocycles. The Kier molecular flexibility index (Phi) is 5.96. The van der Waals surface area contributed by atoms with Crippen molar-refractivity contribution >= 4 is 40.0 Å². The third kappa shape index (κ3) is 4.42. The quantitative estimate of drug-likeness (QED) is 0.387. The van der Waals surface area contributed by atoms with Crippen molar-refractivity contribution in [3.63, 3.8) is 0 Å². The lowest BCUT2D eigenvalue weighted by molar-refractivity contribution is -0.143. The summed E-state index contributed by atoms with van der Waals surface area (Å²) in [7, 11) is 0. The van der Waals surface area contributed by atoms with Crippen molar-refractivity contribution in [1.82, 2.24) is 15.1 Å². The summed E-state index contributed by atoms with van der Waals surface area (Å²) >= 11 is 6.18. The molecule has 10 heteroatoms. The minimum absolute atomic E-state index is 0.161. The number of amides is 2. The first-order chi connectivity index (χ1) is 17.1. The van der Waals surface area contributed by atoms with E-state index in [0.29, 0.717) is 34.3 Å². The van der Waals surface area contributed by atoms with E-state index < -0.39 is 23.9 Å². The highest BCUT2D eigenvalue weighted by Crippen LogP contribution is 2.39. The van der Waals surface area contributed by atoms with E-state index in [1.54, 1.807) is 65.5 Å². The van der Waals surface area contributed by atoms with E-state index in [2.05, 4.69) is 10.4 Å². The zero-order chi connectivity index (χ0) is 25.6. The van der Waals surface area contributed by atoms with Crippen LogP contribution in [-0.2, 0) is 9.59 Å². The summed E-state index contributed by atoms with van der Waals surface area (Å²) in [6.07, 6.45) is 1.46. The van der Waals surface area contributed by atoms with Gasteiger partial charge in [0.15, 0.2) is 0 Å². The number of nitrogens with one attached hydrogen (secondary N) is 1. The summed E-state index contributed by atoms with van der Waals surface area (Å²) in [6.45, 7) is 0.512. The van der Waals surface area contributed by atoms with Crippen molar-refractivity contribution in [1.29, 1.82) is 0 Å². The van der Waals surface area contributed by atoms with Crippen LogP contribution in [0.3, 0.4) is 0 Å². The highest BCUT2D eigenvalue weighted by atomic mass is 35.5. The first kappa shape index (κ1) is 23.9. The van der Waals surface area contributed by atoms with E-state index in [1.165, 1.54) is 17.0 Å². The normalized spacial score (nSPS) is 18.1. The number of alkyl halides is 2. The number of carbonyl (C=O) groups excluding carboxylic acids is 2. The van der Waals surface area contributed by atoms with E-state index in [0.717, 1.165) is 5.52 Å². The van der Waals surface area contributed by atoms with E-state index >= 15 is 0 Å². The van der Waals surface area contributed by atoms with Crippen molar-refractivity contribution < 1.29 is 22.8 Å². The van der Waals surface area contributed by atoms with Crippen LogP contribution in [-0.4, -0.2) is 33.6 Å². The number of nitrogens with zero attached hydrogens (tertiary/aromatic N) is 3. The average Bonchev–Trinajstić information content (AvgIpc) is 3.39. The van der Waals surface area contributed by atoms with Crippen molar-refractivity contribution in [3.8, 4) is 5.69 Å². The molecular weight excluding hydrogens is 493 g/mol. The van der Waals surface area contributed by atoms with Crippen LogP contribution in [0, 0.1) is 5.82 Å². The van der Waals surface area contributed by atoms with E-state index in [4.69, 9.17) is 11.6 Å². The molecule has 5 rings (SSSR count). The second-order valence-electron chi connectivity index (χ2n) is 8.71. The second-order valence-corrected chi connectivity index (χ2v) is 9.15. The molecule has 0 bridgehead atoms. The molecule has 184 valence electrons. The Morgan fingerprint density at radius 2 is 1.81 bits per heavy atom. The Labute approximate surface area is 209 Å². The van der Waals surface area contributed by atoms with Crippen molar-refractivity contribution in [2.24, 2.45) is 0 Å². The molecule has 1 fully saturated rings. The summed E-state index contributed by atoms with van der Waals surface area (Å²) in [5, 5.41) is 7.85. The maximum atomic E-state index is 13.7. The molecule has 3 aromatic carbocycles. The zero-order valence-corrected chi connectivity index (χ0v) is 19.7. The number of benzene rings is 3. The summed E-state index contributed by atoms with van der Waals surface area (Å²) in [4.78, 5) is 26.8. The Morgan fingerprint density at radius 1 is 1.08 bits per heavy atom. The fraction of sp³-hybridized carbons (Fsp3) is 0.192. The lowest BCUT2D eigenvalue weighted by Crippen LogP contribution is -2.46. The van der Waals surface area contributed by atoms with Gasteiger partial charge in [0.1, 0.15) is 5.82 Å². The molecule has 1 aliphatic rings. The third-order valence-corrected chi connectivity index (χ3v) is 6.36. The first-order valence-corrected chi connectivity index (χ1v) is 11.5. The fourth-order valence-corrected chi connectivity index (χ4v) is 4.69. The predicted molar refractivity (Wildman–Crippen MR) is 130 cm³/mol. The monoisotopic (exact) mass is 512 g/mol. The highest BCUT2D eigenvalue weighted by molar-refractivity contribution is 6.30. The third-order valence-electron chi connectivity index (χ3n) is 6.13. The molecule has 0 radical (unpaired) electrons. The van der Waals surface area contributed by atoms with E-state index in [-0.39, 0.29) is 18.1 Å².